The van der Waals surface area contributed by atoms with Crippen LogP contribution in [0.4, 0.5) is 0 Å². The zero-order valence-corrected chi connectivity index (χ0v) is 6.82. The third-order valence-electron chi connectivity index (χ3n) is 0.698. The molecule has 0 amide bonds. The van der Waals surface area contributed by atoms with Crippen molar-refractivity contribution in [3.8, 4) is 0 Å². The van der Waals surface area contributed by atoms with Gasteiger partial charge in [0.25, 0.3) is 0 Å². The monoisotopic (exact) mass is 152 g/mol. The van der Waals surface area contributed by atoms with Gasteiger partial charge in [-0.15, -0.1) is 0 Å². The Labute approximate surface area is 61.4 Å². The van der Waals surface area contributed by atoms with E-state index in [1.165, 1.54) is 0 Å². The van der Waals surface area contributed by atoms with Crippen molar-refractivity contribution in [3.63, 3.8) is 0 Å². The average molecular weight is 152 g/mol. The molecule has 0 bridgehead atoms. The molecule has 48 valence electrons. The molecule has 8 heavy (non-hydrogen) atoms. The summed E-state index contributed by atoms with van der Waals surface area (Å²) >= 11 is 1.75. The molecule has 0 unspecified atom stereocenters. The fourth-order valence-electron chi connectivity index (χ4n) is 0. The van der Waals surface area contributed by atoms with E-state index in [2.05, 4.69) is 4.82 Å². The first kappa shape index (κ1) is 11.3. The Morgan fingerprint density at radius 3 is 1.25 bits per heavy atom. The number of hydrogen-bond donors (Lipinski definition) is 2. The molecule has 0 heterocycles. The number of hydrogen-bond acceptors (Lipinski definition) is 2. The van der Waals surface area contributed by atoms with Gasteiger partial charge in [0.1, 0.15) is 0 Å². The average Bonchev–Trinajstić information content (AvgIpc) is 1.72. The Hall–Kier alpha value is 0.504. The van der Waals surface area contributed by atoms with Crippen LogP contribution in [0.5, 0.6) is 0 Å². The van der Waals surface area contributed by atoms with Crippen LogP contribution in [0.15, 0.2) is 0 Å². The van der Waals surface area contributed by atoms with Gasteiger partial charge in [-0.3, -0.25) is 0 Å². The van der Waals surface area contributed by atoms with Crippen molar-refractivity contribution in [1.82, 2.24) is 0 Å². The molecular formula is C5H12O2Ti. The molecule has 0 radical (unpaired) electrons. The van der Waals surface area contributed by atoms with E-state index in [0.717, 1.165) is 0 Å². The molecule has 2 nitrogen and oxygen atoms in total. The standard InChI is InChI=1S/C4H10O2.CH2.Ti/c1-3(5)4(2)6;;/h3-6H,1-2H3;1H2;/t3-,4-;;/m1../s1. The summed E-state index contributed by atoms with van der Waals surface area (Å²) in [5, 5.41) is 16.8. The minimum absolute atomic E-state index is 0.593. The number of rotatable bonds is 1. The van der Waals surface area contributed by atoms with Crippen molar-refractivity contribution < 1.29 is 30.2 Å². The van der Waals surface area contributed by atoms with Crippen LogP contribution in [0, 0.1) is 0 Å². The van der Waals surface area contributed by atoms with Gasteiger partial charge < -0.3 is 10.2 Å². The second kappa shape index (κ2) is 7.50. The molecule has 0 aliphatic heterocycles. The fraction of sp³-hybridized carbons (Fsp3) is 0.800. The van der Waals surface area contributed by atoms with E-state index >= 15 is 0 Å². The predicted octanol–water partition coefficient (Wildman–Crippen LogP) is -0.287. The molecule has 0 rings (SSSR count). The second-order valence-electron chi connectivity index (χ2n) is 1.48. The van der Waals surface area contributed by atoms with Gasteiger partial charge >= 0.3 is 24.8 Å². The third kappa shape index (κ3) is 9.71. The Morgan fingerprint density at radius 1 is 1.12 bits per heavy atom. The van der Waals surface area contributed by atoms with Gasteiger partial charge in [-0.25, -0.2) is 0 Å². The van der Waals surface area contributed by atoms with Crippen LogP contribution >= 0.6 is 0 Å². The molecule has 0 aromatic carbocycles. The summed E-state index contributed by atoms with van der Waals surface area (Å²) in [7, 11) is 0. The molecule has 2 atom stereocenters. The van der Waals surface area contributed by atoms with Crippen LogP contribution in [0.2, 0.25) is 0 Å². The maximum absolute atomic E-state index is 8.38. The van der Waals surface area contributed by atoms with E-state index in [1.807, 2.05) is 0 Å². The first-order valence-electron chi connectivity index (χ1n) is 2.36. The van der Waals surface area contributed by atoms with Crippen LogP contribution in [-0.2, 0) is 20.0 Å². The predicted molar refractivity (Wildman–Crippen MR) is 30.5 cm³/mol. The van der Waals surface area contributed by atoms with Gasteiger partial charge in [0, 0.05) is 0 Å². The van der Waals surface area contributed by atoms with E-state index in [9.17, 15) is 0 Å². The summed E-state index contributed by atoms with van der Waals surface area (Å²) in [5.74, 6) is 0. The van der Waals surface area contributed by atoms with Crippen molar-refractivity contribution in [2.45, 2.75) is 26.1 Å². The quantitative estimate of drug-likeness (QED) is 0.507. The molecule has 0 aromatic heterocycles. The molecule has 0 saturated carbocycles. The van der Waals surface area contributed by atoms with E-state index in [-0.39, 0.29) is 0 Å². The molecular weight excluding hydrogens is 140 g/mol. The molecule has 0 fully saturated rings. The van der Waals surface area contributed by atoms with Crippen molar-refractivity contribution >= 4 is 4.82 Å². The Kier molecular flexibility index (Phi) is 10.6. The summed E-state index contributed by atoms with van der Waals surface area (Å²) in [4.78, 5) is 3.25. The van der Waals surface area contributed by atoms with Crippen LogP contribution in [0.1, 0.15) is 13.8 Å². The summed E-state index contributed by atoms with van der Waals surface area (Å²) in [5.41, 5.74) is 0. The van der Waals surface area contributed by atoms with Gasteiger partial charge in [-0.1, -0.05) is 0 Å². The van der Waals surface area contributed by atoms with Crippen molar-refractivity contribution in [3.05, 3.63) is 0 Å². The molecule has 0 aromatic rings. The first-order chi connectivity index (χ1) is 3.64. The van der Waals surface area contributed by atoms with E-state index in [0.29, 0.717) is 0 Å². The van der Waals surface area contributed by atoms with Crippen LogP contribution in [0.3, 0.4) is 0 Å². The Morgan fingerprint density at radius 2 is 1.25 bits per heavy atom. The van der Waals surface area contributed by atoms with Gasteiger partial charge in [-0.05, 0) is 13.8 Å². The summed E-state index contributed by atoms with van der Waals surface area (Å²) in [6.45, 7) is 3.09. The van der Waals surface area contributed by atoms with Gasteiger partial charge in [0.05, 0.1) is 12.2 Å². The van der Waals surface area contributed by atoms with E-state index in [4.69, 9.17) is 10.2 Å². The summed E-state index contributed by atoms with van der Waals surface area (Å²) < 4.78 is 0. The van der Waals surface area contributed by atoms with Crippen molar-refractivity contribution in [2.24, 2.45) is 0 Å². The van der Waals surface area contributed by atoms with E-state index in [1.54, 1.807) is 33.8 Å². The zero-order chi connectivity index (χ0) is 7.15. The maximum atomic E-state index is 8.38. The van der Waals surface area contributed by atoms with Crippen LogP contribution in [-0.4, -0.2) is 27.2 Å². The fourth-order valence-corrected chi connectivity index (χ4v) is 0. The van der Waals surface area contributed by atoms with Gasteiger partial charge in [-0.2, -0.15) is 0 Å². The summed E-state index contributed by atoms with van der Waals surface area (Å²) in [6.07, 6.45) is -1.19. The number of aliphatic hydroxyl groups excluding tert-OH is 2. The Bertz CT molecular complexity index is 39.7. The van der Waals surface area contributed by atoms with Crippen LogP contribution in [0.25, 0.3) is 0 Å². The van der Waals surface area contributed by atoms with E-state index < -0.39 is 12.2 Å². The molecule has 0 aliphatic rings. The topological polar surface area (TPSA) is 40.5 Å². The number of aliphatic hydroxyl groups is 2. The Balaban J connectivity index is 0. The van der Waals surface area contributed by atoms with Crippen molar-refractivity contribution in [2.75, 3.05) is 0 Å². The third-order valence-corrected chi connectivity index (χ3v) is 0.698. The summed E-state index contributed by atoms with van der Waals surface area (Å²) in [6, 6.07) is 0. The second-order valence-corrected chi connectivity index (χ2v) is 1.48. The molecule has 2 N–H and O–H groups in total. The van der Waals surface area contributed by atoms with Crippen LogP contribution < -0.4 is 0 Å². The molecule has 3 heteroatoms. The normalized spacial score (nSPS) is 15.4. The zero-order valence-electron chi connectivity index (χ0n) is 5.26. The van der Waals surface area contributed by atoms with Crippen molar-refractivity contribution in [1.29, 1.82) is 0 Å². The molecule has 0 saturated heterocycles. The first-order valence-corrected chi connectivity index (χ1v) is 3.46. The molecule has 0 spiro atoms. The van der Waals surface area contributed by atoms with Gasteiger partial charge in [0.2, 0.25) is 0 Å². The van der Waals surface area contributed by atoms with Gasteiger partial charge in [0.15, 0.2) is 0 Å². The molecule has 0 aliphatic carbocycles. The minimum atomic E-state index is -0.593. The SMILES string of the molecule is C[C@@H](O)[C@@H](C)O.[CH2]=[Ti].